The zero-order valence-corrected chi connectivity index (χ0v) is 12.8. The van der Waals surface area contributed by atoms with E-state index < -0.39 is 0 Å². The Morgan fingerprint density at radius 1 is 1.50 bits per heavy atom. The van der Waals surface area contributed by atoms with E-state index in [-0.39, 0.29) is 12.4 Å². The summed E-state index contributed by atoms with van der Waals surface area (Å²) >= 11 is 8.46. The van der Waals surface area contributed by atoms with Crippen LogP contribution in [0.3, 0.4) is 0 Å². The van der Waals surface area contributed by atoms with Gasteiger partial charge in [0, 0.05) is 6.04 Å². The third-order valence-corrected chi connectivity index (χ3v) is 5.18. The summed E-state index contributed by atoms with van der Waals surface area (Å²) in [5.41, 5.74) is 0. The van der Waals surface area contributed by atoms with Crippen molar-refractivity contribution in [3.05, 3.63) is 27.2 Å². The van der Waals surface area contributed by atoms with E-state index in [9.17, 15) is 9.90 Å². The summed E-state index contributed by atoms with van der Waals surface area (Å²) in [4.78, 5) is 12.7. The lowest BCUT2D eigenvalue weighted by Gasteiger charge is -2.06. The third kappa shape index (κ3) is 2.90. The highest BCUT2D eigenvalue weighted by atomic mass is 35.5. The Kier molecular flexibility index (Phi) is 4.11. The van der Waals surface area contributed by atoms with E-state index in [4.69, 9.17) is 11.6 Å². The molecule has 0 saturated heterocycles. The first-order valence-electron chi connectivity index (χ1n) is 6.15. The molecule has 2 heterocycles. The van der Waals surface area contributed by atoms with Crippen LogP contribution in [-0.4, -0.2) is 31.4 Å². The Labute approximate surface area is 129 Å². The van der Waals surface area contributed by atoms with E-state index in [1.807, 2.05) is 4.57 Å². The van der Waals surface area contributed by atoms with Gasteiger partial charge in [-0.1, -0.05) is 23.4 Å². The number of hydrogen-bond acceptors (Lipinski definition) is 6. The number of nitrogens with zero attached hydrogens (tertiary/aromatic N) is 3. The lowest BCUT2D eigenvalue weighted by molar-refractivity contribution is 0.102. The molecule has 3 rings (SSSR count). The van der Waals surface area contributed by atoms with Crippen molar-refractivity contribution in [2.75, 3.05) is 5.75 Å². The van der Waals surface area contributed by atoms with Gasteiger partial charge in [0.1, 0.15) is 6.61 Å². The van der Waals surface area contributed by atoms with Crippen LogP contribution in [0.1, 0.15) is 34.4 Å². The Hall–Kier alpha value is -0.890. The van der Waals surface area contributed by atoms with Crippen LogP contribution < -0.4 is 0 Å². The molecule has 2 aromatic heterocycles. The van der Waals surface area contributed by atoms with Crippen LogP contribution in [-0.2, 0) is 6.61 Å². The molecule has 1 aliphatic carbocycles. The third-order valence-electron chi connectivity index (χ3n) is 2.97. The van der Waals surface area contributed by atoms with Crippen LogP contribution in [0.15, 0.2) is 17.3 Å². The summed E-state index contributed by atoms with van der Waals surface area (Å²) in [6, 6.07) is 3.84. The van der Waals surface area contributed by atoms with Gasteiger partial charge in [0.05, 0.1) is 15.0 Å². The lowest BCUT2D eigenvalue weighted by atomic mass is 10.4. The summed E-state index contributed by atoms with van der Waals surface area (Å²) in [5, 5.41) is 18.0. The largest absolute Gasteiger partial charge is 0.388 e. The average Bonchev–Trinajstić information content (AvgIpc) is 3.05. The molecule has 0 aromatic carbocycles. The molecule has 0 radical (unpaired) electrons. The highest BCUT2D eigenvalue weighted by Crippen LogP contribution is 2.38. The predicted molar refractivity (Wildman–Crippen MR) is 78.6 cm³/mol. The Morgan fingerprint density at radius 2 is 2.30 bits per heavy atom. The molecule has 0 amide bonds. The number of aromatic nitrogens is 3. The highest BCUT2D eigenvalue weighted by molar-refractivity contribution is 7.99. The van der Waals surface area contributed by atoms with Gasteiger partial charge in [0.15, 0.2) is 16.8 Å². The Morgan fingerprint density at radius 3 is 2.90 bits per heavy atom. The van der Waals surface area contributed by atoms with Gasteiger partial charge in [-0.2, -0.15) is 0 Å². The molecule has 1 aliphatic rings. The summed E-state index contributed by atoms with van der Waals surface area (Å²) in [6.45, 7) is -0.126. The Balaban J connectivity index is 1.69. The maximum atomic E-state index is 12.0. The van der Waals surface area contributed by atoms with Crippen molar-refractivity contribution < 1.29 is 9.90 Å². The zero-order chi connectivity index (χ0) is 14.1. The van der Waals surface area contributed by atoms with Crippen LogP contribution in [0.5, 0.6) is 0 Å². The molecular weight excluding hydrogens is 318 g/mol. The molecule has 0 unspecified atom stereocenters. The summed E-state index contributed by atoms with van der Waals surface area (Å²) in [7, 11) is 0. The van der Waals surface area contributed by atoms with E-state index in [0.717, 1.165) is 12.8 Å². The van der Waals surface area contributed by atoms with Crippen molar-refractivity contribution in [3.63, 3.8) is 0 Å². The van der Waals surface area contributed by atoms with Crippen molar-refractivity contribution in [2.45, 2.75) is 30.6 Å². The minimum atomic E-state index is -0.126. The van der Waals surface area contributed by atoms with E-state index >= 15 is 0 Å². The maximum Gasteiger partial charge on any atom is 0.191 e. The van der Waals surface area contributed by atoms with E-state index in [1.54, 1.807) is 12.1 Å². The highest BCUT2D eigenvalue weighted by Gasteiger charge is 2.29. The number of aliphatic hydroxyl groups excluding tert-OH is 1. The molecule has 0 aliphatic heterocycles. The van der Waals surface area contributed by atoms with Gasteiger partial charge in [-0.05, 0) is 25.0 Å². The number of Topliss-reactive ketones (excluding diaryl/α,β-unsaturated/α-hetero) is 1. The van der Waals surface area contributed by atoms with Gasteiger partial charge in [-0.25, -0.2) is 0 Å². The number of halogens is 1. The minimum Gasteiger partial charge on any atom is -0.388 e. The number of ketones is 1. The zero-order valence-electron chi connectivity index (χ0n) is 10.5. The number of thiophene rings is 1. The van der Waals surface area contributed by atoms with Crippen molar-refractivity contribution >= 4 is 40.5 Å². The van der Waals surface area contributed by atoms with Crippen LogP contribution in [0.4, 0.5) is 0 Å². The molecule has 0 spiro atoms. The molecule has 0 atom stereocenters. The molecule has 0 bridgehead atoms. The fourth-order valence-electron chi connectivity index (χ4n) is 1.88. The second-order valence-electron chi connectivity index (χ2n) is 4.47. The van der Waals surface area contributed by atoms with Gasteiger partial charge in [-0.3, -0.25) is 4.79 Å². The van der Waals surface area contributed by atoms with Crippen molar-refractivity contribution in [1.82, 2.24) is 14.8 Å². The molecule has 106 valence electrons. The molecular formula is C12H12ClN3O2S2. The number of carbonyl (C=O) groups is 1. The number of aliphatic hydroxyl groups is 1. The molecule has 20 heavy (non-hydrogen) atoms. The van der Waals surface area contributed by atoms with Crippen molar-refractivity contribution in [1.29, 1.82) is 0 Å². The van der Waals surface area contributed by atoms with Gasteiger partial charge in [-0.15, -0.1) is 21.5 Å². The standard InChI is InChI=1S/C12H12ClN3O2S2/c13-10-4-3-9(20-10)8(18)6-19-12-15-14-11(5-17)16(12)7-1-2-7/h3-4,7,17H,1-2,5-6H2. The predicted octanol–water partition coefficient (Wildman–Crippen LogP) is 2.80. The van der Waals surface area contributed by atoms with Crippen LogP contribution in [0, 0.1) is 0 Å². The van der Waals surface area contributed by atoms with Crippen LogP contribution in [0.2, 0.25) is 4.34 Å². The Bertz CT molecular complexity index is 636. The van der Waals surface area contributed by atoms with E-state index in [0.29, 0.717) is 32.0 Å². The van der Waals surface area contributed by atoms with Gasteiger partial charge < -0.3 is 9.67 Å². The van der Waals surface area contributed by atoms with Crippen molar-refractivity contribution in [2.24, 2.45) is 0 Å². The van der Waals surface area contributed by atoms with E-state index in [2.05, 4.69) is 10.2 Å². The molecule has 8 heteroatoms. The average molecular weight is 330 g/mol. The normalized spacial score (nSPS) is 14.7. The monoisotopic (exact) mass is 329 g/mol. The lowest BCUT2D eigenvalue weighted by Crippen LogP contribution is -2.05. The second-order valence-corrected chi connectivity index (χ2v) is 7.13. The van der Waals surface area contributed by atoms with E-state index in [1.165, 1.54) is 23.1 Å². The topological polar surface area (TPSA) is 68.0 Å². The van der Waals surface area contributed by atoms with Gasteiger partial charge in [0.25, 0.3) is 0 Å². The number of hydrogen-bond donors (Lipinski definition) is 1. The number of carbonyl (C=O) groups excluding carboxylic acids is 1. The maximum absolute atomic E-state index is 12.0. The first kappa shape index (κ1) is 14.1. The first-order chi connectivity index (χ1) is 9.69. The second kappa shape index (κ2) is 5.85. The fraction of sp³-hybridized carbons (Fsp3) is 0.417. The smallest absolute Gasteiger partial charge is 0.191 e. The first-order valence-corrected chi connectivity index (χ1v) is 8.33. The number of rotatable bonds is 6. The summed E-state index contributed by atoms with van der Waals surface area (Å²) in [5.74, 6) is 0.900. The van der Waals surface area contributed by atoms with Crippen LogP contribution in [0.25, 0.3) is 0 Å². The molecule has 2 aromatic rings. The summed E-state index contributed by atoms with van der Waals surface area (Å²) < 4.78 is 2.56. The van der Waals surface area contributed by atoms with Crippen molar-refractivity contribution in [3.8, 4) is 0 Å². The molecule has 1 N–H and O–H groups in total. The number of thioether (sulfide) groups is 1. The van der Waals surface area contributed by atoms with Crippen LogP contribution >= 0.6 is 34.7 Å². The molecule has 1 saturated carbocycles. The summed E-state index contributed by atoms with van der Waals surface area (Å²) in [6.07, 6.45) is 2.15. The minimum absolute atomic E-state index is 0.0304. The SMILES string of the molecule is O=C(CSc1nnc(CO)n1C1CC1)c1ccc(Cl)s1. The molecule has 1 fully saturated rings. The fourth-order valence-corrected chi connectivity index (χ4v) is 3.86. The molecule has 5 nitrogen and oxygen atoms in total. The van der Waals surface area contributed by atoms with Gasteiger partial charge in [0.2, 0.25) is 0 Å². The quantitative estimate of drug-likeness (QED) is 0.652. The van der Waals surface area contributed by atoms with Gasteiger partial charge >= 0.3 is 0 Å².